The number of guanidine groups is 1. The topological polar surface area (TPSA) is 97.7 Å². The van der Waals surface area contributed by atoms with E-state index in [4.69, 9.17) is 10.1 Å². The van der Waals surface area contributed by atoms with Crippen LogP contribution in [0.4, 0.5) is 0 Å². The molecule has 0 aliphatic heterocycles. The first-order valence-electron chi connectivity index (χ1n) is 10.9. The summed E-state index contributed by atoms with van der Waals surface area (Å²) >= 11 is 0. The number of aliphatic hydroxyl groups excluding tert-OH is 1. The van der Waals surface area contributed by atoms with Crippen LogP contribution in [0.15, 0.2) is 0 Å². The van der Waals surface area contributed by atoms with Gasteiger partial charge in [0.1, 0.15) is 6.73 Å². The van der Waals surface area contributed by atoms with Gasteiger partial charge in [-0.25, -0.2) is 0 Å². The fourth-order valence-electron chi connectivity index (χ4n) is 3.15. The number of hydrogen-bond donors (Lipinski definition) is 4. The van der Waals surface area contributed by atoms with E-state index >= 15 is 0 Å². The largest absolute Gasteiger partial charge is 0.383 e. The van der Waals surface area contributed by atoms with Gasteiger partial charge in [0.2, 0.25) is 5.91 Å². The van der Waals surface area contributed by atoms with E-state index in [0.29, 0.717) is 32.1 Å². The maximum absolute atomic E-state index is 11.6. The molecule has 0 saturated carbocycles. The summed E-state index contributed by atoms with van der Waals surface area (Å²) in [4.78, 5) is 13.3. The third kappa shape index (κ3) is 12.9. The quantitative estimate of drug-likeness (QED) is 0.130. The summed E-state index contributed by atoms with van der Waals surface area (Å²) in [7, 11) is 1.61. The van der Waals surface area contributed by atoms with Gasteiger partial charge in [-0.3, -0.25) is 10.2 Å². The van der Waals surface area contributed by atoms with Gasteiger partial charge >= 0.3 is 0 Å². The predicted octanol–water partition coefficient (Wildman–Crippen LogP) is 3.22. The van der Waals surface area contributed by atoms with Gasteiger partial charge in [0, 0.05) is 32.2 Å². The smallest absolute Gasteiger partial charge is 0.220 e. The number of ether oxygens (including phenoxy) is 1. The summed E-state index contributed by atoms with van der Waals surface area (Å²) in [5.74, 6) is 0.350. The van der Waals surface area contributed by atoms with Crippen molar-refractivity contribution in [1.82, 2.24) is 15.5 Å². The van der Waals surface area contributed by atoms with Gasteiger partial charge in [-0.05, 0) is 32.6 Å². The highest BCUT2D eigenvalue weighted by atomic mass is 16.5. The van der Waals surface area contributed by atoms with E-state index < -0.39 is 0 Å². The van der Waals surface area contributed by atoms with Gasteiger partial charge in [0.05, 0.1) is 6.61 Å². The minimum atomic E-state index is -0.166. The van der Waals surface area contributed by atoms with Crippen molar-refractivity contribution in [3.63, 3.8) is 0 Å². The van der Waals surface area contributed by atoms with Crippen LogP contribution in [0.1, 0.15) is 85.0 Å². The molecule has 0 aromatic heterocycles. The Bertz CT molecular complexity index is 410. The molecule has 0 heterocycles. The van der Waals surface area contributed by atoms with Crippen molar-refractivity contribution >= 4 is 11.9 Å². The van der Waals surface area contributed by atoms with Crippen LogP contribution in [0.2, 0.25) is 0 Å². The van der Waals surface area contributed by atoms with Gasteiger partial charge in [-0.1, -0.05) is 46.0 Å². The average Bonchev–Trinajstić information content (AvgIpc) is 2.67. The van der Waals surface area contributed by atoms with E-state index in [1.807, 2.05) is 0 Å². The first-order valence-corrected chi connectivity index (χ1v) is 10.9. The van der Waals surface area contributed by atoms with Crippen LogP contribution in [0, 0.1) is 5.41 Å². The second-order valence-electron chi connectivity index (χ2n) is 7.80. The molecule has 0 saturated heterocycles. The number of aliphatic hydroxyl groups is 1. The number of amides is 1. The number of nitrogens with zero attached hydrogens (tertiary/aromatic N) is 1. The first kappa shape index (κ1) is 26.7. The number of unbranched alkanes of at least 4 members (excludes halogenated alkanes) is 4. The summed E-state index contributed by atoms with van der Waals surface area (Å²) in [5, 5.41) is 24.3. The highest BCUT2D eigenvalue weighted by Gasteiger charge is 2.25. The Morgan fingerprint density at radius 1 is 1.11 bits per heavy atom. The van der Waals surface area contributed by atoms with Crippen LogP contribution < -0.4 is 10.6 Å². The van der Waals surface area contributed by atoms with Crippen molar-refractivity contribution < 1.29 is 14.6 Å². The summed E-state index contributed by atoms with van der Waals surface area (Å²) in [6.07, 6.45) is 9.65. The molecule has 166 valence electrons. The van der Waals surface area contributed by atoms with Crippen molar-refractivity contribution in [2.75, 3.05) is 33.5 Å². The highest BCUT2D eigenvalue weighted by Crippen LogP contribution is 2.21. The van der Waals surface area contributed by atoms with Crippen molar-refractivity contribution in [1.29, 1.82) is 5.41 Å². The van der Waals surface area contributed by atoms with E-state index in [1.54, 1.807) is 12.0 Å². The van der Waals surface area contributed by atoms with Crippen LogP contribution in [-0.2, 0) is 9.53 Å². The minimum absolute atomic E-state index is 0.0492. The summed E-state index contributed by atoms with van der Waals surface area (Å²) in [6.45, 7) is 8.08. The molecule has 7 heteroatoms. The summed E-state index contributed by atoms with van der Waals surface area (Å²) < 4.78 is 4.90. The van der Waals surface area contributed by atoms with Crippen molar-refractivity contribution in [2.45, 2.75) is 90.5 Å². The standard InChI is InChI=1S/C21H44N4O3/c1-5-7-13-21(3,14-8-6-2)24-20(22)25(18-26)16-11-9-10-12-19(27)23-15-17-28-4/h26H,5-18H2,1-4H3,(H2,22,24)(H,23,27). The molecule has 0 aliphatic rings. The van der Waals surface area contributed by atoms with Crippen LogP contribution in [0.5, 0.6) is 0 Å². The van der Waals surface area contributed by atoms with Gasteiger partial charge in [-0.15, -0.1) is 0 Å². The normalized spacial score (nSPS) is 11.3. The lowest BCUT2D eigenvalue weighted by atomic mass is 9.89. The monoisotopic (exact) mass is 400 g/mol. The van der Waals surface area contributed by atoms with Crippen LogP contribution in [0.3, 0.4) is 0 Å². The molecule has 4 N–H and O–H groups in total. The maximum Gasteiger partial charge on any atom is 0.220 e. The Hall–Kier alpha value is -1.34. The zero-order valence-corrected chi connectivity index (χ0v) is 18.6. The van der Waals surface area contributed by atoms with Gasteiger partial charge in [0.25, 0.3) is 0 Å². The number of hydrogen-bond acceptors (Lipinski definition) is 4. The van der Waals surface area contributed by atoms with Gasteiger partial charge in [0.15, 0.2) is 5.96 Å². The Balaban J connectivity index is 4.26. The molecular formula is C21H44N4O3. The highest BCUT2D eigenvalue weighted by molar-refractivity contribution is 5.77. The van der Waals surface area contributed by atoms with Crippen molar-refractivity contribution in [3.8, 4) is 0 Å². The summed E-state index contributed by atoms with van der Waals surface area (Å²) in [6, 6.07) is 0. The number of rotatable bonds is 17. The Labute approximate surface area is 172 Å². The predicted molar refractivity (Wildman–Crippen MR) is 115 cm³/mol. The number of nitrogens with one attached hydrogen (secondary N) is 3. The molecule has 0 rings (SSSR count). The molecule has 28 heavy (non-hydrogen) atoms. The second kappa shape index (κ2) is 16.6. The number of methoxy groups -OCH3 is 1. The van der Waals surface area contributed by atoms with Crippen LogP contribution in [0.25, 0.3) is 0 Å². The molecule has 0 aromatic rings. The molecule has 1 amide bonds. The van der Waals surface area contributed by atoms with E-state index in [9.17, 15) is 9.90 Å². The minimum Gasteiger partial charge on any atom is -0.383 e. The van der Waals surface area contributed by atoms with Crippen LogP contribution in [-0.4, -0.2) is 60.9 Å². The molecule has 0 unspecified atom stereocenters. The molecule has 0 fully saturated rings. The SMILES string of the molecule is CCCCC(C)(CCCC)NC(=N)N(CO)CCCCCC(=O)NCCOC. The van der Waals surface area contributed by atoms with Crippen molar-refractivity contribution in [3.05, 3.63) is 0 Å². The van der Waals surface area contributed by atoms with Crippen LogP contribution >= 0.6 is 0 Å². The molecule has 0 atom stereocenters. The fraction of sp³-hybridized carbons (Fsp3) is 0.905. The zero-order valence-electron chi connectivity index (χ0n) is 18.6. The Kier molecular flexibility index (Phi) is 15.8. The molecule has 0 spiro atoms. The van der Waals surface area contributed by atoms with E-state index in [0.717, 1.165) is 57.8 Å². The molecular weight excluding hydrogens is 356 g/mol. The average molecular weight is 401 g/mol. The third-order valence-corrected chi connectivity index (χ3v) is 5.03. The Morgan fingerprint density at radius 3 is 2.29 bits per heavy atom. The van der Waals surface area contributed by atoms with E-state index in [-0.39, 0.29) is 18.2 Å². The maximum atomic E-state index is 11.6. The molecule has 0 bridgehead atoms. The van der Waals surface area contributed by atoms with Crippen molar-refractivity contribution in [2.24, 2.45) is 0 Å². The van der Waals surface area contributed by atoms with Gasteiger partial charge in [-0.2, -0.15) is 0 Å². The summed E-state index contributed by atoms with van der Waals surface area (Å²) in [5.41, 5.74) is -0.100. The third-order valence-electron chi connectivity index (χ3n) is 5.03. The zero-order chi connectivity index (χ0) is 21.3. The van der Waals surface area contributed by atoms with E-state index in [1.165, 1.54) is 0 Å². The van der Waals surface area contributed by atoms with Gasteiger partial charge < -0.3 is 25.4 Å². The number of carbonyl (C=O) groups excluding carboxylic acids is 1. The fourth-order valence-corrected chi connectivity index (χ4v) is 3.15. The lowest BCUT2D eigenvalue weighted by Crippen LogP contribution is -2.52. The Morgan fingerprint density at radius 2 is 1.75 bits per heavy atom. The van der Waals surface area contributed by atoms with E-state index in [2.05, 4.69) is 31.4 Å². The molecule has 0 radical (unpaired) electrons. The number of carbonyl (C=O) groups is 1. The lowest BCUT2D eigenvalue weighted by Gasteiger charge is -2.35. The lowest BCUT2D eigenvalue weighted by molar-refractivity contribution is -0.121. The second-order valence-corrected chi connectivity index (χ2v) is 7.80. The molecule has 7 nitrogen and oxygen atoms in total. The molecule has 0 aromatic carbocycles. The molecule has 0 aliphatic carbocycles. The first-order chi connectivity index (χ1) is 13.4.